The lowest BCUT2D eigenvalue weighted by Crippen LogP contribution is -2.61. The summed E-state index contributed by atoms with van der Waals surface area (Å²) in [6, 6.07) is -3.19. The fourth-order valence-electron chi connectivity index (χ4n) is 16.7. The molecule has 45 heteroatoms. The Hall–Kier alpha value is -13.3. The predicted octanol–water partition coefficient (Wildman–Crippen LogP) is -4.02. The maximum absolute atomic E-state index is 16.0. The van der Waals surface area contributed by atoms with Crippen LogP contribution in [0, 0.1) is 5.92 Å². The number of nitrogens with one attached hydrogen (secondary N) is 11. The number of para-hydroxylation sites is 2. The molecule has 5 heterocycles. The third-order valence-electron chi connectivity index (χ3n) is 24.0. The molecule has 44 nitrogen and oxygen atoms in total. The van der Waals surface area contributed by atoms with E-state index >= 15 is 33.6 Å². The first kappa shape index (κ1) is 107. The predicted molar refractivity (Wildman–Crippen MR) is 494 cm³/mol. The fourth-order valence-corrected chi connectivity index (χ4v) is 17.5. The Bertz CT molecular complexity index is 5130. The molecule has 5 aromatic rings. The third-order valence-corrected chi connectivity index (χ3v) is 25.1. The summed E-state index contributed by atoms with van der Waals surface area (Å²) in [6.45, 7) is 5.44. The zero-order valence-corrected chi connectivity index (χ0v) is 77.9. The van der Waals surface area contributed by atoms with Crippen LogP contribution in [-0.2, 0) is 117 Å². The molecule has 0 aliphatic carbocycles. The summed E-state index contributed by atoms with van der Waals surface area (Å²) in [5.74, 6) is -20.2. The van der Waals surface area contributed by atoms with Gasteiger partial charge in [-0.3, -0.25) is 91.1 Å². The molecule has 0 unspecified atom stereocenters. The Labute approximate surface area is 784 Å². The molecule has 736 valence electrons. The number of aromatic nitrogens is 2. The number of fused-ring (bicyclic) bond motifs is 4. The van der Waals surface area contributed by atoms with Gasteiger partial charge in [-0.25, -0.2) is 0 Å². The summed E-state index contributed by atoms with van der Waals surface area (Å²) in [5.41, 5.74) is 31.3. The smallest absolute Gasteiger partial charge is 0.323 e. The van der Waals surface area contributed by atoms with Crippen molar-refractivity contribution >= 4 is 146 Å². The van der Waals surface area contributed by atoms with Crippen molar-refractivity contribution in [3.05, 3.63) is 102 Å². The van der Waals surface area contributed by atoms with E-state index in [-0.39, 0.29) is 76.1 Å². The molecule has 135 heavy (non-hydrogen) atoms. The quantitative estimate of drug-likeness (QED) is 0.0238. The second-order valence-corrected chi connectivity index (χ2v) is 35.7. The average Bonchev–Trinajstić information content (AvgIpc) is 1.55. The normalized spacial score (nSPS) is 24.8. The van der Waals surface area contributed by atoms with E-state index in [0.29, 0.717) is 64.2 Å². The van der Waals surface area contributed by atoms with Gasteiger partial charge in [0.15, 0.2) is 0 Å². The van der Waals surface area contributed by atoms with Crippen LogP contribution in [0.1, 0.15) is 141 Å². The molecule has 3 fully saturated rings. The Kier molecular flexibility index (Phi) is 40.2. The number of aliphatic hydroxyl groups is 1. The van der Waals surface area contributed by atoms with Crippen molar-refractivity contribution in [1.29, 1.82) is 0 Å². The first-order valence-corrected chi connectivity index (χ1v) is 46.3. The van der Waals surface area contributed by atoms with Crippen LogP contribution in [0.5, 0.6) is 5.75 Å². The van der Waals surface area contributed by atoms with Crippen LogP contribution < -0.4 is 81.8 Å². The molecule has 0 spiro atoms. The number of benzene rings is 3. The second-order valence-electron chi connectivity index (χ2n) is 34.7. The number of carbonyl (C=O) groups is 19. The number of carbonyl (C=O) groups excluding carboxylic acids is 18. The number of phenolic OH excluding ortho intramolecular Hbond substituents is 1. The number of aromatic amines is 1. The monoisotopic (exact) mass is 1900 g/mol. The molecule has 3 aliphatic rings. The highest BCUT2D eigenvalue weighted by Crippen LogP contribution is 2.29. The van der Waals surface area contributed by atoms with E-state index in [0.717, 1.165) is 36.3 Å². The van der Waals surface area contributed by atoms with E-state index in [1.807, 2.05) is 13.8 Å². The van der Waals surface area contributed by atoms with Crippen molar-refractivity contribution in [2.75, 3.05) is 65.4 Å². The number of thioether (sulfide) groups is 1. The zero-order chi connectivity index (χ0) is 99.4. The summed E-state index contributed by atoms with van der Waals surface area (Å²) < 4.78 is 1.43. The summed E-state index contributed by atoms with van der Waals surface area (Å²) >= 11 is 0.773. The Morgan fingerprint density at radius 3 is 1.76 bits per heavy atom. The summed E-state index contributed by atoms with van der Waals surface area (Å²) in [6.07, 6.45) is -0.629. The van der Waals surface area contributed by atoms with Crippen molar-refractivity contribution < 1.29 is 106 Å². The number of carboxylic acid groups (broad SMARTS) is 1. The van der Waals surface area contributed by atoms with Gasteiger partial charge in [0, 0.05) is 113 Å². The maximum Gasteiger partial charge on any atom is 0.323 e. The number of likely N-dealkylation sites (N-methyl/N-ethyl adjacent to an activating group) is 3. The molecule has 0 bridgehead atoms. The third kappa shape index (κ3) is 29.8. The number of phenols is 1. The minimum Gasteiger partial charge on any atom is -0.508 e. The van der Waals surface area contributed by atoms with Crippen molar-refractivity contribution in [2.24, 2.45) is 34.6 Å². The SMILES string of the molecule is CCCC[C@H]1C(=O)N(C)[C@@H](CCCC)C(=O)N[C@@H](CC(C)C)C(=O)N[C@H](C(=O)NCC(N)=O)CSCC(=O)N[C@@H](Cc2ccc(O)cc2)C(=O)N(C)[C@@H](C)C(=O)N[C@@H](CC(N)=O)C(=O)N2CCC[C@H]2C(=O)N[C@@H](CN)C(=O)N[C@@H](CCC(N)=O)C(=O)N2C[C@H](O)C[C@H]2C(=O)N[C@@H](Cc2c[nH]c3ccccc23)C(=O)N[C@@H](CCN)C(=O)N[C@@H](Cc2cn(CC(=O)O)c3ccccc23)C(=O)N1C. The summed E-state index contributed by atoms with van der Waals surface area (Å²) in [5, 5.41) is 58.8. The van der Waals surface area contributed by atoms with E-state index in [1.54, 1.807) is 68.6 Å². The second kappa shape index (κ2) is 50.7. The van der Waals surface area contributed by atoms with E-state index in [2.05, 4.69) is 58.2 Å². The minimum absolute atomic E-state index is 0.0102. The van der Waals surface area contributed by atoms with Gasteiger partial charge < -0.3 is 131 Å². The first-order chi connectivity index (χ1) is 64.1. The van der Waals surface area contributed by atoms with Crippen LogP contribution in [0.15, 0.2) is 85.2 Å². The molecule has 18 amide bonds. The van der Waals surface area contributed by atoms with Crippen molar-refractivity contribution in [3.8, 4) is 5.75 Å². The molecule has 8 rings (SSSR count). The number of hydrogen-bond acceptors (Lipinski definition) is 24. The number of hydrogen-bond donors (Lipinski definition) is 19. The summed E-state index contributed by atoms with van der Waals surface area (Å²) in [7, 11) is 3.87. The van der Waals surface area contributed by atoms with Crippen LogP contribution in [0.25, 0.3) is 21.8 Å². The number of aliphatic hydroxyl groups excluding tert-OH is 1. The lowest BCUT2D eigenvalue weighted by Gasteiger charge is -2.36. The average molecular weight is 1900 g/mol. The van der Waals surface area contributed by atoms with Gasteiger partial charge in [-0.1, -0.05) is 102 Å². The maximum atomic E-state index is 16.0. The number of unbranched alkanes of at least 4 members (excludes halogenated alkanes) is 2. The number of aliphatic carboxylic acids is 1. The van der Waals surface area contributed by atoms with E-state index < -0.39 is 273 Å². The van der Waals surface area contributed by atoms with Crippen molar-refractivity contribution in [1.82, 2.24) is 87.2 Å². The van der Waals surface area contributed by atoms with Crippen LogP contribution in [0.2, 0.25) is 0 Å². The molecule has 24 N–H and O–H groups in total. The van der Waals surface area contributed by atoms with Crippen LogP contribution in [0.4, 0.5) is 0 Å². The van der Waals surface area contributed by atoms with Gasteiger partial charge in [-0.05, 0) is 105 Å². The standard InChI is InChI=1S/C90H128N22O22S/c1-9-11-21-68-83(127)101-60(34-48(3)4)80(124)106-66(78(122)97-42-74(95)117)46-135-47-75(118)98-62(35-50-25-27-53(113)28-26-50)86(130)107(6)49(5)77(121)103-64(39-73(94)116)89(133)111-33-17-24-69(111)84(128)105-65(40-92)82(126)100-59(29-30-72(93)115)88(132)112-44-54(114)38-71(112)85(129)102-61(36-51-41-96-57-20-15-13-18-55(51)57)81(125)99-58(31-32-91)79(123)104-63(87(131)109(8)70(22-12-10-2)90(134)108(68)7)37-52-43-110(45-76(119)120)67-23-16-14-19-56(52)67/h13-16,18-20,23,25-28,41,43,48-49,54,58-66,68-71,96,113-114H,9-12,17,21-22,24,29-40,42,44-47,91-92H2,1-8H3,(H2,93,115)(H2,94,116)(H2,95,117)(H,97,122)(H,98,118)(H,99,125)(H,100,126)(H,101,127)(H,102,129)(H,103,121)(H,104,123)(H,105,128)(H,106,124)(H,119,120)/t49-,54+,58-,59-,60-,61-,62-,63-,64-,65-,66-,68-,69-,70-,71-/m0/s1. The lowest BCUT2D eigenvalue weighted by atomic mass is 9.99. The van der Waals surface area contributed by atoms with Crippen molar-refractivity contribution in [3.63, 3.8) is 0 Å². The molecule has 0 saturated carbocycles. The number of H-pyrrole nitrogens is 1. The van der Waals surface area contributed by atoms with Gasteiger partial charge in [-0.15, -0.1) is 11.8 Å². The number of nitrogens with two attached hydrogens (primary N) is 5. The first-order valence-electron chi connectivity index (χ1n) is 45.1. The largest absolute Gasteiger partial charge is 0.508 e. The van der Waals surface area contributed by atoms with Crippen molar-refractivity contribution in [2.45, 2.75) is 241 Å². The number of amides is 18. The minimum atomic E-state index is -1.81. The topological polar surface area (TPSA) is 672 Å². The number of rotatable bonds is 27. The number of nitrogens with zero attached hydrogens (tertiary/aromatic N) is 6. The molecule has 2 aromatic heterocycles. The number of carboxylic acids is 1. The summed E-state index contributed by atoms with van der Waals surface area (Å²) in [4.78, 5) is 283. The highest BCUT2D eigenvalue weighted by atomic mass is 32.2. The molecule has 3 aromatic carbocycles. The highest BCUT2D eigenvalue weighted by Gasteiger charge is 2.47. The molecular weight excluding hydrogens is 1770 g/mol. The number of primary amides is 3. The van der Waals surface area contributed by atoms with Crippen LogP contribution in [-0.4, -0.2) is 318 Å². The van der Waals surface area contributed by atoms with Gasteiger partial charge >= 0.3 is 5.97 Å². The lowest BCUT2D eigenvalue weighted by molar-refractivity contribution is -0.149. The van der Waals surface area contributed by atoms with Gasteiger partial charge in [0.2, 0.25) is 106 Å². The Morgan fingerprint density at radius 1 is 0.548 bits per heavy atom. The molecule has 3 aliphatic heterocycles. The molecule has 15 atom stereocenters. The Morgan fingerprint density at radius 2 is 1.11 bits per heavy atom. The van der Waals surface area contributed by atoms with E-state index in [9.17, 15) is 72.9 Å². The van der Waals surface area contributed by atoms with Crippen LogP contribution in [0.3, 0.4) is 0 Å². The van der Waals surface area contributed by atoms with Crippen LogP contribution >= 0.6 is 11.8 Å². The number of aromatic hydroxyl groups is 1. The zero-order valence-electron chi connectivity index (χ0n) is 77.1. The fraction of sp³-hybridized carbons (Fsp3) is 0.544. The van der Waals surface area contributed by atoms with Gasteiger partial charge in [0.05, 0.1) is 24.8 Å². The van der Waals surface area contributed by atoms with Gasteiger partial charge in [-0.2, -0.15) is 0 Å². The highest BCUT2D eigenvalue weighted by molar-refractivity contribution is 8.00. The molecular formula is C90H128N22O22S. The molecule has 0 radical (unpaired) electrons. The van der Waals surface area contributed by atoms with Gasteiger partial charge in [0.1, 0.15) is 96.9 Å². The molecule has 3 saturated heterocycles. The Balaban J connectivity index is 1.21. The van der Waals surface area contributed by atoms with E-state index in [1.165, 1.54) is 63.1 Å². The van der Waals surface area contributed by atoms with E-state index in [4.69, 9.17) is 28.7 Å². The van der Waals surface area contributed by atoms with Gasteiger partial charge in [0.25, 0.3) is 0 Å².